The first-order chi connectivity index (χ1) is 10.6. The summed E-state index contributed by atoms with van der Waals surface area (Å²) in [6.45, 7) is 0.667. The van der Waals surface area contributed by atoms with Gasteiger partial charge in [-0.15, -0.1) is 0 Å². The molecular formula is C17H24Cl2O3. The molecule has 5 heteroatoms. The van der Waals surface area contributed by atoms with E-state index in [2.05, 4.69) is 0 Å². The summed E-state index contributed by atoms with van der Waals surface area (Å²) >= 11 is 11.9. The molecular weight excluding hydrogens is 323 g/mol. The molecule has 0 saturated carbocycles. The molecule has 0 spiro atoms. The fourth-order valence-electron chi connectivity index (χ4n) is 2.21. The molecule has 1 rings (SSSR count). The van der Waals surface area contributed by atoms with Gasteiger partial charge in [-0.2, -0.15) is 0 Å². The first-order valence-corrected chi connectivity index (χ1v) is 8.65. The molecule has 3 nitrogen and oxygen atoms in total. The first-order valence-electron chi connectivity index (χ1n) is 7.89. The minimum absolute atomic E-state index is 0.296. The summed E-state index contributed by atoms with van der Waals surface area (Å²) in [4.78, 5) is 10.3. The summed E-state index contributed by atoms with van der Waals surface area (Å²) in [6, 6.07) is 5.25. The number of hydrogen-bond acceptors (Lipinski definition) is 2. The van der Waals surface area contributed by atoms with Gasteiger partial charge in [0, 0.05) is 11.4 Å². The zero-order chi connectivity index (χ0) is 16.2. The standard InChI is InChI=1S/C17H24Cl2O3/c18-14-10-11-16(15(19)13-14)22-12-8-6-4-2-1-3-5-7-9-17(20)21/h10-11,13H,1-9,12H2,(H,20,21). The van der Waals surface area contributed by atoms with Crippen LogP contribution in [0.1, 0.15) is 57.8 Å². The molecule has 0 fully saturated rings. The van der Waals surface area contributed by atoms with E-state index in [9.17, 15) is 4.79 Å². The number of unbranched alkanes of at least 4 members (excludes halogenated alkanes) is 7. The Bertz CT molecular complexity index is 450. The molecule has 0 aliphatic rings. The molecule has 0 heterocycles. The molecule has 1 N–H and O–H groups in total. The molecule has 0 aliphatic carbocycles. The third kappa shape index (κ3) is 9.16. The van der Waals surface area contributed by atoms with E-state index in [-0.39, 0.29) is 0 Å². The molecule has 0 radical (unpaired) electrons. The van der Waals surface area contributed by atoms with E-state index in [1.54, 1.807) is 18.2 Å². The Morgan fingerprint density at radius 2 is 1.55 bits per heavy atom. The lowest BCUT2D eigenvalue weighted by atomic mass is 10.1. The van der Waals surface area contributed by atoms with Crippen LogP contribution in [0.25, 0.3) is 0 Å². The van der Waals surface area contributed by atoms with Gasteiger partial charge in [0.15, 0.2) is 0 Å². The quantitative estimate of drug-likeness (QED) is 0.474. The van der Waals surface area contributed by atoms with Crippen molar-refractivity contribution in [1.82, 2.24) is 0 Å². The fraction of sp³-hybridized carbons (Fsp3) is 0.588. The van der Waals surface area contributed by atoms with Crippen LogP contribution in [0, 0.1) is 0 Å². The zero-order valence-electron chi connectivity index (χ0n) is 12.8. The van der Waals surface area contributed by atoms with Crippen LogP contribution in [-0.2, 0) is 4.79 Å². The van der Waals surface area contributed by atoms with Crippen LogP contribution in [0.4, 0.5) is 0 Å². The minimum Gasteiger partial charge on any atom is -0.492 e. The van der Waals surface area contributed by atoms with Crippen LogP contribution >= 0.6 is 23.2 Å². The zero-order valence-corrected chi connectivity index (χ0v) is 14.3. The van der Waals surface area contributed by atoms with Crippen molar-refractivity contribution >= 4 is 29.2 Å². The lowest BCUT2D eigenvalue weighted by Crippen LogP contribution is -1.97. The Morgan fingerprint density at radius 1 is 0.955 bits per heavy atom. The predicted octanol–water partition coefficient (Wildman–Crippen LogP) is 5.97. The smallest absolute Gasteiger partial charge is 0.303 e. The van der Waals surface area contributed by atoms with Gasteiger partial charge in [0.05, 0.1) is 11.6 Å². The van der Waals surface area contributed by atoms with Crippen molar-refractivity contribution in [2.24, 2.45) is 0 Å². The molecule has 22 heavy (non-hydrogen) atoms. The highest BCUT2D eigenvalue weighted by molar-refractivity contribution is 6.35. The van der Waals surface area contributed by atoms with Crippen LogP contribution in [0.2, 0.25) is 10.0 Å². The van der Waals surface area contributed by atoms with E-state index in [1.807, 2.05) is 0 Å². The fourth-order valence-corrected chi connectivity index (χ4v) is 2.68. The summed E-state index contributed by atoms with van der Waals surface area (Å²) in [5.41, 5.74) is 0. The van der Waals surface area contributed by atoms with Crippen molar-refractivity contribution in [2.45, 2.75) is 57.8 Å². The largest absolute Gasteiger partial charge is 0.492 e. The Labute approximate surface area is 142 Å². The third-order valence-electron chi connectivity index (χ3n) is 3.44. The van der Waals surface area contributed by atoms with E-state index < -0.39 is 5.97 Å². The van der Waals surface area contributed by atoms with Gasteiger partial charge in [0.25, 0.3) is 0 Å². The number of carbonyl (C=O) groups is 1. The third-order valence-corrected chi connectivity index (χ3v) is 3.97. The van der Waals surface area contributed by atoms with Crippen LogP contribution in [0.3, 0.4) is 0 Å². The summed E-state index contributed by atoms with van der Waals surface area (Å²) < 4.78 is 5.63. The van der Waals surface area contributed by atoms with Gasteiger partial charge in [0.2, 0.25) is 0 Å². The van der Waals surface area contributed by atoms with Gasteiger partial charge in [-0.05, 0) is 31.0 Å². The molecule has 0 unspecified atom stereocenters. The van der Waals surface area contributed by atoms with Crippen molar-refractivity contribution in [3.63, 3.8) is 0 Å². The molecule has 0 bridgehead atoms. The average molecular weight is 347 g/mol. The predicted molar refractivity (Wildman–Crippen MR) is 91.1 cm³/mol. The maximum Gasteiger partial charge on any atom is 0.303 e. The normalized spacial score (nSPS) is 10.6. The van der Waals surface area contributed by atoms with E-state index in [0.29, 0.717) is 28.8 Å². The van der Waals surface area contributed by atoms with Gasteiger partial charge in [-0.1, -0.05) is 61.7 Å². The number of ether oxygens (including phenoxy) is 1. The number of carboxylic acids is 1. The highest BCUT2D eigenvalue weighted by Gasteiger charge is 2.02. The molecule has 0 saturated heterocycles. The molecule has 0 amide bonds. The van der Waals surface area contributed by atoms with Crippen LogP contribution < -0.4 is 4.74 Å². The van der Waals surface area contributed by atoms with Crippen molar-refractivity contribution in [3.8, 4) is 5.75 Å². The lowest BCUT2D eigenvalue weighted by Gasteiger charge is -2.08. The van der Waals surface area contributed by atoms with E-state index >= 15 is 0 Å². The number of aliphatic carboxylic acids is 1. The van der Waals surface area contributed by atoms with Crippen LogP contribution in [0.15, 0.2) is 18.2 Å². The molecule has 0 aliphatic heterocycles. The van der Waals surface area contributed by atoms with Gasteiger partial charge in [0.1, 0.15) is 5.75 Å². The van der Waals surface area contributed by atoms with E-state index in [0.717, 1.165) is 32.1 Å². The van der Waals surface area contributed by atoms with E-state index in [4.69, 9.17) is 33.0 Å². The molecule has 124 valence electrons. The second kappa shape index (κ2) is 11.6. The van der Waals surface area contributed by atoms with Gasteiger partial charge >= 0.3 is 5.97 Å². The molecule has 0 atom stereocenters. The summed E-state index contributed by atoms with van der Waals surface area (Å²) in [5.74, 6) is -0.00899. The Kier molecular flexibility index (Phi) is 10.1. The van der Waals surface area contributed by atoms with Crippen LogP contribution in [-0.4, -0.2) is 17.7 Å². The minimum atomic E-state index is -0.694. The summed E-state index contributed by atoms with van der Waals surface area (Å²) in [7, 11) is 0. The first kappa shape index (κ1) is 19.1. The number of halogens is 2. The topological polar surface area (TPSA) is 46.5 Å². The molecule has 1 aromatic rings. The number of rotatable bonds is 12. The Hall–Kier alpha value is -0.930. The van der Waals surface area contributed by atoms with Gasteiger partial charge < -0.3 is 9.84 Å². The second-order valence-corrected chi connectivity index (χ2v) is 6.24. The van der Waals surface area contributed by atoms with Gasteiger partial charge in [-0.25, -0.2) is 0 Å². The molecule has 1 aromatic carbocycles. The number of hydrogen-bond donors (Lipinski definition) is 1. The SMILES string of the molecule is O=C(O)CCCCCCCCCCOc1ccc(Cl)cc1Cl. The maximum absolute atomic E-state index is 10.3. The highest BCUT2D eigenvalue weighted by atomic mass is 35.5. The van der Waals surface area contributed by atoms with Crippen LogP contribution in [0.5, 0.6) is 5.75 Å². The Balaban J connectivity index is 1.92. The van der Waals surface area contributed by atoms with Crippen molar-refractivity contribution in [3.05, 3.63) is 28.2 Å². The average Bonchev–Trinajstić information content (AvgIpc) is 2.46. The second-order valence-electron chi connectivity index (χ2n) is 5.40. The summed E-state index contributed by atoms with van der Waals surface area (Å²) in [6.07, 6.45) is 8.97. The molecule has 0 aromatic heterocycles. The van der Waals surface area contributed by atoms with Crippen molar-refractivity contribution in [2.75, 3.05) is 6.61 Å². The number of carboxylic acid groups (broad SMARTS) is 1. The maximum atomic E-state index is 10.3. The van der Waals surface area contributed by atoms with Crippen molar-refractivity contribution in [1.29, 1.82) is 0 Å². The van der Waals surface area contributed by atoms with E-state index in [1.165, 1.54) is 19.3 Å². The number of benzene rings is 1. The van der Waals surface area contributed by atoms with Gasteiger partial charge in [-0.3, -0.25) is 4.79 Å². The summed E-state index contributed by atoms with van der Waals surface area (Å²) in [5, 5.41) is 9.68. The van der Waals surface area contributed by atoms with Crippen molar-refractivity contribution < 1.29 is 14.6 Å². The lowest BCUT2D eigenvalue weighted by molar-refractivity contribution is -0.137. The monoisotopic (exact) mass is 346 g/mol. The highest BCUT2D eigenvalue weighted by Crippen LogP contribution is 2.27. The Morgan fingerprint density at radius 3 is 2.14 bits per heavy atom.